The average molecular weight is 404 g/mol. The first-order valence-corrected chi connectivity index (χ1v) is 9.23. The number of H-pyrrole nitrogens is 1. The van der Waals surface area contributed by atoms with E-state index in [9.17, 15) is 14.4 Å². The Morgan fingerprint density at radius 3 is 2.75 bits per heavy atom. The minimum absolute atomic E-state index is 0.112. The number of aromatic amines is 1. The largest absolute Gasteiger partial charge is 0.378 e. The van der Waals surface area contributed by atoms with E-state index in [-0.39, 0.29) is 23.7 Å². The highest BCUT2D eigenvalue weighted by atomic mass is 35.5. The number of rotatable bonds is 3. The maximum atomic E-state index is 12.8. The van der Waals surface area contributed by atoms with E-state index < -0.39 is 17.4 Å². The van der Waals surface area contributed by atoms with Gasteiger partial charge < -0.3 is 20.3 Å². The van der Waals surface area contributed by atoms with Crippen molar-refractivity contribution in [2.24, 2.45) is 0 Å². The first kappa shape index (κ1) is 18.5. The van der Waals surface area contributed by atoms with Crippen molar-refractivity contribution in [3.63, 3.8) is 0 Å². The second-order valence-electron chi connectivity index (χ2n) is 6.53. The molecule has 4 rings (SSSR count). The molecule has 3 N–H and O–H groups in total. The second kappa shape index (κ2) is 7.61. The Kier molecular flexibility index (Phi) is 5.01. The van der Waals surface area contributed by atoms with Crippen LogP contribution in [0.3, 0.4) is 0 Å². The zero-order chi connectivity index (χ0) is 19.7. The molecule has 10 heteroatoms. The van der Waals surface area contributed by atoms with Crippen LogP contribution in [0.25, 0.3) is 0 Å². The zero-order valence-corrected chi connectivity index (χ0v) is 15.6. The molecular weight excluding hydrogens is 386 g/mol. The third kappa shape index (κ3) is 3.58. The summed E-state index contributed by atoms with van der Waals surface area (Å²) >= 11 is 6.08. The van der Waals surface area contributed by atoms with Crippen molar-refractivity contribution >= 4 is 40.9 Å². The average Bonchev–Trinajstić information content (AvgIpc) is 2.69. The highest BCUT2D eigenvalue weighted by Gasteiger charge is 2.35. The van der Waals surface area contributed by atoms with Crippen molar-refractivity contribution in [3.05, 3.63) is 45.2 Å². The number of aromatic nitrogens is 2. The van der Waals surface area contributed by atoms with Gasteiger partial charge in [0.15, 0.2) is 0 Å². The van der Waals surface area contributed by atoms with Crippen LogP contribution in [0.15, 0.2) is 29.1 Å². The van der Waals surface area contributed by atoms with Gasteiger partial charge in [-0.15, -0.1) is 0 Å². The van der Waals surface area contributed by atoms with Crippen LogP contribution in [0.5, 0.6) is 0 Å². The molecule has 0 spiro atoms. The Hall–Kier alpha value is -2.91. The number of nitrogens with one attached hydrogen (secondary N) is 3. The van der Waals surface area contributed by atoms with Crippen molar-refractivity contribution in [2.75, 3.05) is 41.8 Å². The van der Waals surface area contributed by atoms with Crippen LogP contribution < -0.4 is 21.1 Å². The van der Waals surface area contributed by atoms with Gasteiger partial charge in [-0.25, -0.2) is 0 Å². The van der Waals surface area contributed by atoms with Crippen molar-refractivity contribution in [2.45, 2.75) is 12.3 Å². The normalized spacial score (nSPS) is 19.0. The number of hydrogen-bond donors (Lipinski definition) is 3. The third-order valence-electron chi connectivity index (χ3n) is 4.70. The number of ether oxygens (including phenoxy) is 1. The Morgan fingerprint density at radius 2 is 2.00 bits per heavy atom. The lowest BCUT2D eigenvalue weighted by atomic mass is 9.92. The van der Waals surface area contributed by atoms with E-state index >= 15 is 0 Å². The van der Waals surface area contributed by atoms with Gasteiger partial charge in [0.25, 0.3) is 5.56 Å². The molecular formula is C18H18ClN5O4. The van der Waals surface area contributed by atoms with E-state index in [4.69, 9.17) is 16.3 Å². The van der Waals surface area contributed by atoms with E-state index in [0.717, 1.165) is 0 Å². The van der Waals surface area contributed by atoms with E-state index in [2.05, 4.69) is 20.6 Å². The first-order chi connectivity index (χ1) is 13.5. The fraction of sp³-hybridized carbons (Fsp3) is 0.333. The van der Waals surface area contributed by atoms with Crippen molar-refractivity contribution < 1.29 is 14.3 Å². The monoisotopic (exact) mass is 403 g/mol. The summed E-state index contributed by atoms with van der Waals surface area (Å²) in [6.45, 7) is 2.20. The van der Waals surface area contributed by atoms with E-state index in [1.165, 1.54) is 0 Å². The summed E-state index contributed by atoms with van der Waals surface area (Å²) in [7, 11) is 0. The van der Waals surface area contributed by atoms with Gasteiger partial charge in [-0.3, -0.25) is 19.4 Å². The number of halogens is 1. The number of anilines is 3. The molecule has 2 aliphatic rings. The quantitative estimate of drug-likeness (QED) is 0.711. The summed E-state index contributed by atoms with van der Waals surface area (Å²) in [6.07, 6.45) is -0.148. The van der Waals surface area contributed by atoms with Gasteiger partial charge in [0.2, 0.25) is 17.8 Å². The van der Waals surface area contributed by atoms with Crippen LogP contribution >= 0.6 is 11.6 Å². The number of hydrogen-bond acceptors (Lipinski definition) is 6. The number of para-hydroxylation sites is 1. The molecule has 3 heterocycles. The Morgan fingerprint density at radius 1 is 1.25 bits per heavy atom. The molecule has 1 aromatic carbocycles. The van der Waals surface area contributed by atoms with Crippen LogP contribution in [0.4, 0.5) is 17.5 Å². The minimum Gasteiger partial charge on any atom is -0.378 e. The van der Waals surface area contributed by atoms with Gasteiger partial charge in [-0.2, -0.15) is 4.98 Å². The fourth-order valence-corrected chi connectivity index (χ4v) is 3.47. The molecule has 1 aromatic heterocycles. The Balaban J connectivity index is 1.66. The van der Waals surface area contributed by atoms with Gasteiger partial charge in [0.1, 0.15) is 5.82 Å². The zero-order valence-electron chi connectivity index (χ0n) is 14.8. The van der Waals surface area contributed by atoms with E-state index in [0.29, 0.717) is 43.0 Å². The highest BCUT2D eigenvalue weighted by Crippen LogP contribution is 2.31. The number of carbonyl (C=O) groups excluding carboxylic acids is 2. The lowest BCUT2D eigenvalue weighted by molar-refractivity contribution is -0.123. The SMILES string of the molecule is O=C1C[C@H](C(=O)Nc2ccccc2Cl)c2c(nc(N3CCOCC3)[nH]c2=O)N1. The molecule has 0 bridgehead atoms. The van der Waals surface area contributed by atoms with Crippen LogP contribution in [0, 0.1) is 0 Å². The summed E-state index contributed by atoms with van der Waals surface area (Å²) in [6, 6.07) is 6.75. The van der Waals surface area contributed by atoms with Gasteiger partial charge in [-0.05, 0) is 12.1 Å². The van der Waals surface area contributed by atoms with Gasteiger partial charge >= 0.3 is 0 Å². The molecule has 9 nitrogen and oxygen atoms in total. The first-order valence-electron chi connectivity index (χ1n) is 8.85. The molecule has 1 saturated heterocycles. The molecule has 2 amide bonds. The van der Waals surface area contributed by atoms with Crippen LogP contribution in [-0.4, -0.2) is 48.1 Å². The predicted octanol–water partition coefficient (Wildman–Crippen LogP) is 1.32. The standard InChI is InChI=1S/C18H18ClN5O4/c19-11-3-1-2-4-12(11)20-16(26)10-9-13(25)21-15-14(10)17(27)23-18(22-15)24-5-7-28-8-6-24/h1-4,10H,5-9H2,(H,20,26)(H2,21,22,23,25,27)/t10-/m0/s1. The van der Waals surface area contributed by atoms with Crippen molar-refractivity contribution in [3.8, 4) is 0 Å². The topological polar surface area (TPSA) is 116 Å². The lowest BCUT2D eigenvalue weighted by Gasteiger charge is -2.29. The molecule has 0 saturated carbocycles. The number of morpholine rings is 1. The summed E-state index contributed by atoms with van der Waals surface area (Å²) < 4.78 is 5.30. The maximum Gasteiger partial charge on any atom is 0.258 e. The minimum atomic E-state index is -0.963. The van der Waals surface area contributed by atoms with Crippen molar-refractivity contribution in [1.82, 2.24) is 9.97 Å². The van der Waals surface area contributed by atoms with Gasteiger partial charge in [0.05, 0.1) is 35.4 Å². The Labute approximate surface area is 165 Å². The summed E-state index contributed by atoms with van der Waals surface area (Å²) in [5, 5.41) is 5.66. The molecule has 1 atom stereocenters. The fourth-order valence-electron chi connectivity index (χ4n) is 3.29. The summed E-state index contributed by atoms with van der Waals surface area (Å²) in [5.41, 5.74) is 0.1000. The smallest absolute Gasteiger partial charge is 0.258 e. The molecule has 28 heavy (non-hydrogen) atoms. The molecule has 0 aliphatic carbocycles. The second-order valence-corrected chi connectivity index (χ2v) is 6.93. The van der Waals surface area contributed by atoms with Gasteiger partial charge in [0, 0.05) is 19.5 Å². The Bertz CT molecular complexity index is 986. The van der Waals surface area contributed by atoms with Gasteiger partial charge in [-0.1, -0.05) is 23.7 Å². The maximum absolute atomic E-state index is 12.8. The molecule has 2 aliphatic heterocycles. The summed E-state index contributed by atoms with van der Waals surface area (Å²) in [5.74, 6) is -1.37. The molecule has 0 radical (unpaired) electrons. The number of carbonyl (C=O) groups is 2. The van der Waals surface area contributed by atoms with Crippen molar-refractivity contribution in [1.29, 1.82) is 0 Å². The van der Waals surface area contributed by atoms with Crippen LogP contribution in [-0.2, 0) is 14.3 Å². The predicted molar refractivity (Wildman–Crippen MR) is 104 cm³/mol. The lowest BCUT2D eigenvalue weighted by Crippen LogP contribution is -2.41. The highest BCUT2D eigenvalue weighted by molar-refractivity contribution is 6.33. The van der Waals surface area contributed by atoms with Crippen LogP contribution in [0.1, 0.15) is 17.9 Å². The number of amides is 2. The molecule has 146 valence electrons. The molecule has 1 fully saturated rings. The number of benzene rings is 1. The van der Waals surface area contributed by atoms with E-state index in [1.54, 1.807) is 24.3 Å². The van der Waals surface area contributed by atoms with Crippen LogP contribution in [0.2, 0.25) is 5.02 Å². The number of nitrogens with zero attached hydrogens (tertiary/aromatic N) is 2. The molecule has 2 aromatic rings. The number of fused-ring (bicyclic) bond motifs is 1. The van der Waals surface area contributed by atoms with E-state index in [1.807, 2.05) is 4.90 Å². The molecule has 0 unspecified atom stereocenters. The third-order valence-corrected chi connectivity index (χ3v) is 5.03. The summed E-state index contributed by atoms with van der Waals surface area (Å²) in [4.78, 5) is 46.7.